The molecule has 1 amide bonds. The molecule has 0 aromatic heterocycles. The zero-order chi connectivity index (χ0) is 17.6. The van der Waals surface area contributed by atoms with E-state index >= 15 is 0 Å². The number of benzene rings is 1. The van der Waals surface area contributed by atoms with Gasteiger partial charge >= 0.3 is 0 Å². The van der Waals surface area contributed by atoms with Crippen molar-refractivity contribution in [2.75, 3.05) is 32.7 Å². The Kier molecular flexibility index (Phi) is 6.77. The molecule has 0 bridgehead atoms. The van der Waals surface area contributed by atoms with Gasteiger partial charge in [-0.05, 0) is 25.0 Å². The van der Waals surface area contributed by atoms with Crippen LogP contribution in [0.1, 0.15) is 26.7 Å². The van der Waals surface area contributed by atoms with Crippen molar-refractivity contribution in [3.8, 4) is 0 Å². The van der Waals surface area contributed by atoms with Crippen molar-refractivity contribution >= 4 is 15.9 Å². The zero-order valence-corrected chi connectivity index (χ0v) is 15.3. The van der Waals surface area contributed by atoms with Gasteiger partial charge in [0.1, 0.15) is 0 Å². The van der Waals surface area contributed by atoms with Crippen molar-refractivity contribution < 1.29 is 18.1 Å². The number of piperazine rings is 1. The van der Waals surface area contributed by atoms with E-state index in [9.17, 15) is 13.2 Å². The van der Waals surface area contributed by atoms with Gasteiger partial charge in [0.25, 0.3) is 5.91 Å². The maximum absolute atomic E-state index is 12.6. The maximum atomic E-state index is 12.6. The molecular weight excluding hydrogens is 326 g/mol. The van der Waals surface area contributed by atoms with E-state index in [1.807, 2.05) is 0 Å². The Labute approximate surface area is 144 Å². The molecule has 0 aliphatic carbocycles. The predicted octanol–water partition coefficient (Wildman–Crippen LogP) is -0.119. The molecule has 2 N–H and O–H groups in total. The van der Waals surface area contributed by atoms with Gasteiger partial charge in [0.15, 0.2) is 6.54 Å². The molecule has 24 heavy (non-hydrogen) atoms. The van der Waals surface area contributed by atoms with E-state index < -0.39 is 10.0 Å². The molecule has 0 atom stereocenters. The van der Waals surface area contributed by atoms with Crippen molar-refractivity contribution in [2.45, 2.75) is 37.6 Å². The van der Waals surface area contributed by atoms with Crippen LogP contribution in [0.3, 0.4) is 0 Å². The van der Waals surface area contributed by atoms with Gasteiger partial charge < -0.3 is 10.2 Å². The standard InChI is InChI=1S/C17H27N3O3S/c1-3-15(4-2)18-17(21)14-19-10-12-20(13-11-19)24(22,23)16-8-6-5-7-9-16/h5-9,15H,3-4,10-14H2,1-2H3,(H,18,21)/p+1. The van der Waals surface area contributed by atoms with E-state index in [2.05, 4.69) is 19.2 Å². The fraction of sp³-hybridized carbons (Fsp3) is 0.588. The number of carbonyl (C=O) groups is 1. The molecule has 2 rings (SSSR count). The lowest BCUT2D eigenvalue weighted by Gasteiger charge is -2.31. The first kappa shape index (κ1) is 18.9. The number of hydrogen-bond acceptors (Lipinski definition) is 3. The highest BCUT2D eigenvalue weighted by Crippen LogP contribution is 2.14. The summed E-state index contributed by atoms with van der Waals surface area (Å²) in [6.07, 6.45) is 1.86. The van der Waals surface area contributed by atoms with Crippen LogP contribution in [0, 0.1) is 0 Å². The second-order valence-electron chi connectivity index (χ2n) is 6.22. The molecule has 1 aliphatic heterocycles. The smallest absolute Gasteiger partial charge is 0.275 e. The first-order valence-corrected chi connectivity index (χ1v) is 10.1. The third-order valence-electron chi connectivity index (χ3n) is 4.57. The van der Waals surface area contributed by atoms with E-state index in [1.54, 1.807) is 30.3 Å². The minimum atomic E-state index is -3.42. The molecule has 0 spiro atoms. The second kappa shape index (κ2) is 8.60. The number of quaternary nitrogens is 1. The van der Waals surface area contributed by atoms with Gasteiger partial charge in [-0.15, -0.1) is 0 Å². The first-order chi connectivity index (χ1) is 11.5. The number of amides is 1. The Bertz CT molecular complexity index is 622. The molecule has 1 aromatic rings. The average Bonchev–Trinajstić information content (AvgIpc) is 2.61. The van der Waals surface area contributed by atoms with Crippen LogP contribution >= 0.6 is 0 Å². The maximum Gasteiger partial charge on any atom is 0.275 e. The number of nitrogens with one attached hydrogen (secondary N) is 2. The van der Waals surface area contributed by atoms with Gasteiger partial charge in [-0.2, -0.15) is 4.31 Å². The quantitative estimate of drug-likeness (QED) is 0.717. The third kappa shape index (κ3) is 4.78. The van der Waals surface area contributed by atoms with Crippen molar-refractivity contribution in [2.24, 2.45) is 0 Å². The molecule has 0 radical (unpaired) electrons. The van der Waals surface area contributed by atoms with Crippen molar-refractivity contribution in [1.29, 1.82) is 0 Å². The molecule has 1 heterocycles. The van der Waals surface area contributed by atoms with Crippen molar-refractivity contribution in [3.63, 3.8) is 0 Å². The van der Waals surface area contributed by atoms with Crippen molar-refractivity contribution in [1.82, 2.24) is 9.62 Å². The lowest BCUT2D eigenvalue weighted by Crippen LogP contribution is -3.15. The molecule has 1 aliphatic rings. The lowest BCUT2D eigenvalue weighted by molar-refractivity contribution is -0.895. The monoisotopic (exact) mass is 354 g/mol. The summed E-state index contributed by atoms with van der Waals surface area (Å²) < 4.78 is 26.7. The highest BCUT2D eigenvalue weighted by atomic mass is 32.2. The average molecular weight is 354 g/mol. The van der Waals surface area contributed by atoms with Crippen LogP contribution in [0.2, 0.25) is 0 Å². The highest BCUT2D eigenvalue weighted by molar-refractivity contribution is 7.89. The molecule has 1 saturated heterocycles. The van der Waals surface area contributed by atoms with E-state index in [1.165, 1.54) is 4.31 Å². The molecular formula is C17H28N3O3S+. The fourth-order valence-electron chi connectivity index (χ4n) is 2.96. The van der Waals surface area contributed by atoms with E-state index in [4.69, 9.17) is 0 Å². The summed E-state index contributed by atoms with van der Waals surface area (Å²) in [5.74, 6) is 0.0538. The van der Waals surface area contributed by atoms with Crippen LogP contribution in [0.25, 0.3) is 0 Å². The van der Waals surface area contributed by atoms with E-state index in [-0.39, 0.29) is 11.9 Å². The Hall–Kier alpha value is -1.44. The number of sulfonamides is 1. The molecule has 6 nitrogen and oxygen atoms in total. The zero-order valence-electron chi connectivity index (χ0n) is 14.5. The summed E-state index contributed by atoms with van der Waals surface area (Å²) in [6, 6.07) is 8.75. The number of nitrogens with zero attached hydrogens (tertiary/aromatic N) is 1. The summed E-state index contributed by atoms with van der Waals surface area (Å²) in [7, 11) is -3.42. The minimum Gasteiger partial charge on any atom is -0.349 e. The normalized spacial score (nSPS) is 17.1. The van der Waals surface area contributed by atoms with Crippen LogP contribution in [-0.4, -0.2) is 57.4 Å². The topological polar surface area (TPSA) is 70.9 Å². The number of rotatable bonds is 7. The Morgan fingerprint density at radius 3 is 2.29 bits per heavy atom. The number of carbonyl (C=O) groups excluding carboxylic acids is 1. The van der Waals surface area contributed by atoms with Crippen LogP contribution in [0.4, 0.5) is 0 Å². The van der Waals surface area contributed by atoms with Gasteiger partial charge in [0.05, 0.1) is 31.1 Å². The summed E-state index contributed by atoms with van der Waals surface area (Å²) in [5, 5.41) is 3.04. The Balaban J connectivity index is 1.86. The summed E-state index contributed by atoms with van der Waals surface area (Å²) >= 11 is 0. The fourth-order valence-corrected chi connectivity index (χ4v) is 4.42. The molecule has 7 heteroatoms. The second-order valence-corrected chi connectivity index (χ2v) is 8.16. The van der Waals surface area contributed by atoms with Gasteiger partial charge in [-0.3, -0.25) is 4.79 Å². The van der Waals surface area contributed by atoms with Crippen LogP contribution in [-0.2, 0) is 14.8 Å². The molecule has 1 aromatic carbocycles. The summed E-state index contributed by atoms with van der Waals surface area (Å²) in [5.41, 5.74) is 0. The van der Waals surface area contributed by atoms with Crippen molar-refractivity contribution in [3.05, 3.63) is 30.3 Å². The van der Waals surface area contributed by atoms with E-state index in [0.717, 1.165) is 17.7 Å². The van der Waals surface area contributed by atoms with Crippen LogP contribution in [0.5, 0.6) is 0 Å². The van der Waals surface area contributed by atoms with Gasteiger partial charge in [0, 0.05) is 6.04 Å². The van der Waals surface area contributed by atoms with Crippen LogP contribution in [0.15, 0.2) is 35.2 Å². The Morgan fingerprint density at radius 1 is 1.17 bits per heavy atom. The Morgan fingerprint density at radius 2 is 1.75 bits per heavy atom. The number of hydrogen-bond donors (Lipinski definition) is 2. The van der Waals surface area contributed by atoms with Crippen LogP contribution < -0.4 is 10.2 Å². The highest BCUT2D eigenvalue weighted by Gasteiger charge is 2.31. The van der Waals surface area contributed by atoms with E-state index in [0.29, 0.717) is 37.6 Å². The largest absolute Gasteiger partial charge is 0.349 e. The third-order valence-corrected chi connectivity index (χ3v) is 6.48. The lowest BCUT2D eigenvalue weighted by atomic mass is 10.2. The van der Waals surface area contributed by atoms with Gasteiger partial charge in [-0.25, -0.2) is 8.42 Å². The van der Waals surface area contributed by atoms with Gasteiger partial charge in [-0.1, -0.05) is 32.0 Å². The summed E-state index contributed by atoms with van der Waals surface area (Å²) in [4.78, 5) is 13.5. The van der Waals surface area contributed by atoms with Gasteiger partial charge in [0.2, 0.25) is 10.0 Å². The summed E-state index contributed by atoms with van der Waals surface area (Å²) in [6.45, 7) is 6.75. The minimum absolute atomic E-state index is 0.0538. The molecule has 0 unspecified atom stereocenters. The molecule has 1 fully saturated rings. The molecule has 0 saturated carbocycles. The first-order valence-electron chi connectivity index (χ1n) is 8.65. The predicted molar refractivity (Wildman–Crippen MR) is 93.3 cm³/mol. The molecule has 134 valence electrons. The SMILES string of the molecule is CCC(CC)NC(=O)C[NH+]1CCN(S(=O)(=O)c2ccccc2)CC1.